The third-order valence-electron chi connectivity index (χ3n) is 3.24. The number of sulfone groups is 1. The molecule has 0 aromatic heterocycles. The molecule has 2 rings (SSSR count). The summed E-state index contributed by atoms with van der Waals surface area (Å²) in [5, 5.41) is 8.59. The summed E-state index contributed by atoms with van der Waals surface area (Å²) in [7, 11) is -3.27. The molecule has 0 fully saturated rings. The highest BCUT2D eigenvalue weighted by molar-refractivity contribution is 7.91. The molecule has 0 unspecified atom stereocenters. The van der Waals surface area contributed by atoms with E-state index in [1.807, 2.05) is 6.07 Å². The van der Waals surface area contributed by atoms with Gasteiger partial charge in [0.25, 0.3) is 0 Å². The van der Waals surface area contributed by atoms with E-state index in [1.165, 1.54) is 0 Å². The van der Waals surface area contributed by atoms with Crippen molar-refractivity contribution in [3.8, 4) is 5.75 Å². The van der Waals surface area contributed by atoms with Crippen molar-refractivity contribution in [1.82, 2.24) is 0 Å². The first kappa shape index (κ1) is 17.0. The molecule has 0 radical (unpaired) electrons. The van der Waals surface area contributed by atoms with Crippen molar-refractivity contribution in [2.45, 2.75) is 17.7 Å². The van der Waals surface area contributed by atoms with E-state index < -0.39 is 22.4 Å². The molecule has 2 aromatic carbocycles. The van der Waals surface area contributed by atoms with Gasteiger partial charge < -0.3 is 9.84 Å². The summed E-state index contributed by atoms with van der Waals surface area (Å²) in [6.07, 6.45) is 1.07. The predicted octanol–water partition coefficient (Wildman–Crippen LogP) is 2.56. The van der Waals surface area contributed by atoms with Crippen molar-refractivity contribution in [2.24, 2.45) is 0 Å². The van der Waals surface area contributed by atoms with Crippen LogP contribution in [0.3, 0.4) is 0 Å². The third-order valence-corrected chi connectivity index (χ3v) is 5.06. The summed E-state index contributed by atoms with van der Waals surface area (Å²) >= 11 is 0. The van der Waals surface area contributed by atoms with Crippen molar-refractivity contribution in [1.29, 1.82) is 0 Å². The summed E-state index contributed by atoms with van der Waals surface area (Å²) in [5.74, 6) is -0.503. The summed E-state index contributed by atoms with van der Waals surface area (Å²) < 4.78 is 29.5. The number of ether oxygens (including phenoxy) is 1. The highest BCUT2D eigenvalue weighted by Crippen LogP contribution is 2.16. The van der Waals surface area contributed by atoms with E-state index in [9.17, 15) is 13.2 Å². The van der Waals surface area contributed by atoms with Crippen molar-refractivity contribution < 1.29 is 23.1 Å². The molecule has 0 saturated heterocycles. The Morgan fingerprint density at radius 3 is 2.48 bits per heavy atom. The Kier molecular flexibility index (Phi) is 5.76. The van der Waals surface area contributed by atoms with Crippen LogP contribution in [-0.4, -0.2) is 31.9 Å². The third kappa shape index (κ3) is 5.41. The number of aryl methyl sites for hydroxylation is 1. The van der Waals surface area contributed by atoms with Gasteiger partial charge in [0.05, 0.1) is 10.6 Å². The average Bonchev–Trinajstić information content (AvgIpc) is 2.54. The maximum atomic E-state index is 12.2. The molecule has 6 heteroatoms. The maximum absolute atomic E-state index is 12.2. The molecule has 5 nitrogen and oxygen atoms in total. The van der Waals surface area contributed by atoms with Crippen LogP contribution >= 0.6 is 0 Å². The number of benzene rings is 2. The Morgan fingerprint density at radius 1 is 1.04 bits per heavy atom. The highest BCUT2D eigenvalue weighted by Gasteiger charge is 2.13. The van der Waals surface area contributed by atoms with E-state index in [0.29, 0.717) is 23.5 Å². The molecule has 1 N–H and O–H groups in total. The Bertz CT molecular complexity index is 754. The fraction of sp³-hybridized carbons (Fsp3) is 0.235. The SMILES string of the molecule is O=C(O)COc1cccc(CCCS(=O)(=O)c2ccccc2)c1. The van der Waals surface area contributed by atoms with Crippen LogP contribution in [0.25, 0.3) is 0 Å². The van der Waals surface area contributed by atoms with Crippen molar-refractivity contribution in [2.75, 3.05) is 12.4 Å². The molecule has 0 heterocycles. The first-order valence-corrected chi connectivity index (χ1v) is 8.84. The lowest BCUT2D eigenvalue weighted by Crippen LogP contribution is -2.09. The zero-order chi connectivity index (χ0) is 16.7. The largest absolute Gasteiger partial charge is 0.482 e. The van der Waals surface area contributed by atoms with Gasteiger partial charge in [-0.25, -0.2) is 13.2 Å². The molecule has 0 aliphatic heterocycles. The van der Waals surface area contributed by atoms with Crippen molar-refractivity contribution in [3.63, 3.8) is 0 Å². The first-order chi connectivity index (χ1) is 11.0. The fourth-order valence-electron chi connectivity index (χ4n) is 2.15. The standard InChI is InChI=1S/C17H18O5S/c18-17(19)13-22-15-8-4-6-14(12-15)7-5-11-23(20,21)16-9-2-1-3-10-16/h1-4,6,8-10,12H,5,7,11,13H2,(H,18,19). The quantitative estimate of drug-likeness (QED) is 0.802. The zero-order valence-electron chi connectivity index (χ0n) is 12.5. The molecule has 0 spiro atoms. The van der Waals surface area contributed by atoms with E-state index in [-0.39, 0.29) is 5.75 Å². The van der Waals surface area contributed by atoms with Crippen LogP contribution in [0.2, 0.25) is 0 Å². The van der Waals surface area contributed by atoms with Crippen LogP contribution in [0.4, 0.5) is 0 Å². The van der Waals surface area contributed by atoms with Gasteiger partial charge in [0.2, 0.25) is 0 Å². The predicted molar refractivity (Wildman–Crippen MR) is 86.4 cm³/mol. The second kappa shape index (κ2) is 7.78. The van der Waals surface area contributed by atoms with E-state index in [4.69, 9.17) is 9.84 Å². The van der Waals surface area contributed by atoms with E-state index >= 15 is 0 Å². The minimum absolute atomic E-state index is 0.0667. The Balaban J connectivity index is 1.91. The molecular formula is C17H18O5S. The second-order valence-electron chi connectivity index (χ2n) is 5.07. The van der Waals surface area contributed by atoms with E-state index in [0.717, 1.165) is 5.56 Å². The smallest absolute Gasteiger partial charge is 0.341 e. The van der Waals surface area contributed by atoms with Gasteiger partial charge in [0, 0.05) is 0 Å². The van der Waals surface area contributed by atoms with Gasteiger partial charge >= 0.3 is 5.97 Å². The lowest BCUT2D eigenvalue weighted by atomic mass is 10.1. The lowest BCUT2D eigenvalue weighted by molar-refractivity contribution is -0.139. The first-order valence-electron chi connectivity index (χ1n) is 7.19. The van der Waals surface area contributed by atoms with Gasteiger partial charge in [-0.15, -0.1) is 0 Å². The van der Waals surface area contributed by atoms with Crippen molar-refractivity contribution in [3.05, 3.63) is 60.2 Å². The van der Waals surface area contributed by atoms with E-state index in [1.54, 1.807) is 48.5 Å². The number of carbonyl (C=O) groups is 1. The Morgan fingerprint density at radius 2 is 1.78 bits per heavy atom. The normalized spacial score (nSPS) is 11.1. The number of hydrogen-bond donors (Lipinski definition) is 1. The number of rotatable bonds is 8. The van der Waals surface area contributed by atoms with Gasteiger partial charge in [-0.1, -0.05) is 30.3 Å². The van der Waals surface area contributed by atoms with Crippen molar-refractivity contribution >= 4 is 15.8 Å². The van der Waals surface area contributed by atoms with Gasteiger partial charge in [-0.3, -0.25) is 0 Å². The van der Waals surface area contributed by atoms with Gasteiger partial charge in [0.15, 0.2) is 16.4 Å². The maximum Gasteiger partial charge on any atom is 0.341 e. The van der Waals surface area contributed by atoms with Gasteiger partial charge in [-0.2, -0.15) is 0 Å². The molecule has 0 aliphatic rings. The number of hydrogen-bond acceptors (Lipinski definition) is 4. The van der Waals surface area contributed by atoms with Crippen LogP contribution in [0.15, 0.2) is 59.5 Å². The summed E-state index contributed by atoms with van der Waals surface area (Å²) in [4.78, 5) is 10.8. The average molecular weight is 334 g/mol. The monoisotopic (exact) mass is 334 g/mol. The summed E-state index contributed by atoms with van der Waals surface area (Å²) in [5.41, 5.74) is 0.913. The topological polar surface area (TPSA) is 80.7 Å². The number of carboxylic acids is 1. The lowest BCUT2D eigenvalue weighted by Gasteiger charge is -2.07. The molecule has 0 atom stereocenters. The molecule has 2 aromatic rings. The molecule has 23 heavy (non-hydrogen) atoms. The summed E-state index contributed by atoms with van der Waals surface area (Å²) in [6, 6.07) is 15.4. The fourth-order valence-corrected chi connectivity index (χ4v) is 3.48. The van der Waals surface area contributed by atoms with Crippen LogP contribution in [0.5, 0.6) is 5.75 Å². The molecule has 0 bridgehead atoms. The zero-order valence-corrected chi connectivity index (χ0v) is 13.3. The summed E-state index contributed by atoms with van der Waals surface area (Å²) in [6.45, 7) is -0.397. The number of carboxylic acid groups (broad SMARTS) is 1. The Hall–Kier alpha value is -2.34. The van der Waals surface area contributed by atoms with Crippen LogP contribution in [0.1, 0.15) is 12.0 Å². The molecule has 122 valence electrons. The minimum Gasteiger partial charge on any atom is -0.482 e. The molecule has 0 aliphatic carbocycles. The van der Waals surface area contributed by atoms with E-state index in [2.05, 4.69) is 0 Å². The van der Waals surface area contributed by atoms with Crippen LogP contribution < -0.4 is 4.74 Å². The van der Waals surface area contributed by atoms with Crippen LogP contribution in [-0.2, 0) is 21.1 Å². The minimum atomic E-state index is -3.27. The second-order valence-corrected chi connectivity index (χ2v) is 7.17. The molecule has 0 amide bonds. The van der Waals surface area contributed by atoms with Crippen LogP contribution in [0, 0.1) is 0 Å². The molecule has 0 saturated carbocycles. The number of aliphatic carboxylic acids is 1. The van der Waals surface area contributed by atoms with Gasteiger partial charge in [-0.05, 0) is 42.7 Å². The Labute approximate surface area is 135 Å². The highest BCUT2D eigenvalue weighted by atomic mass is 32.2. The molecular weight excluding hydrogens is 316 g/mol. The van der Waals surface area contributed by atoms with Gasteiger partial charge in [0.1, 0.15) is 5.75 Å².